The van der Waals surface area contributed by atoms with E-state index in [0.717, 1.165) is 19.3 Å². The van der Waals surface area contributed by atoms with Gasteiger partial charge in [0.2, 0.25) is 0 Å². The Balaban J connectivity index is 2.06. The van der Waals surface area contributed by atoms with Crippen LogP contribution in [0, 0.1) is 5.41 Å². The van der Waals surface area contributed by atoms with Gasteiger partial charge in [-0.15, -0.1) is 0 Å². The van der Waals surface area contributed by atoms with Crippen molar-refractivity contribution in [1.29, 1.82) is 0 Å². The van der Waals surface area contributed by atoms with Crippen molar-refractivity contribution in [2.45, 2.75) is 32.1 Å². The van der Waals surface area contributed by atoms with Gasteiger partial charge in [-0.25, -0.2) is 0 Å². The minimum absolute atomic E-state index is 0.0867. The normalized spacial score (nSPS) is 15.7. The van der Waals surface area contributed by atoms with E-state index in [2.05, 4.69) is 5.32 Å². The molecule has 4 N–H and O–H groups in total. The summed E-state index contributed by atoms with van der Waals surface area (Å²) in [7, 11) is 1.41. The molecule has 0 aromatic heterocycles. The fourth-order valence-electron chi connectivity index (χ4n) is 3.12. The first-order valence-corrected chi connectivity index (χ1v) is 8.49. The third-order valence-electron chi connectivity index (χ3n) is 4.65. The third kappa shape index (κ3) is 4.65. The Morgan fingerprint density at radius 3 is 2.46 bits per heavy atom. The molecule has 8 heteroatoms. The molecule has 2 amide bonds. The number of carbonyl (C=O) groups excluding carboxylic acids is 2. The van der Waals surface area contributed by atoms with E-state index in [1.807, 2.05) is 0 Å². The third-order valence-corrected chi connectivity index (χ3v) is 4.65. The van der Waals surface area contributed by atoms with Crippen molar-refractivity contribution in [2.24, 2.45) is 11.1 Å². The molecule has 1 aromatic carbocycles. The highest BCUT2D eigenvalue weighted by atomic mass is 16.5. The largest absolute Gasteiger partial charge is 0.493 e. The van der Waals surface area contributed by atoms with Crippen LogP contribution in [0.25, 0.3) is 0 Å². The minimum atomic E-state index is -0.900. The molecule has 1 fully saturated rings. The van der Waals surface area contributed by atoms with E-state index in [4.69, 9.17) is 15.2 Å². The lowest BCUT2D eigenvalue weighted by molar-refractivity contribution is -0.150. The summed E-state index contributed by atoms with van der Waals surface area (Å²) in [5.74, 6) is -1.32. The van der Waals surface area contributed by atoms with Crippen LogP contribution in [0.4, 0.5) is 0 Å². The Morgan fingerprint density at radius 2 is 1.88 bits per heavy atom. The first-order valence-electron chi connectivity index (χ1n) is 8.49. The lowest BCUT2D eigenvalue weighted by Crippen LogP contribution is -2.44. The molecule has 1 aromatic rings. The lowest BCUT2D eigenvalue weighted by atomic mass is 9.74. The SMILES string of the molecule is COc1cc(C(=O)NCC2(C(=O)O)CCCCC2)ccc1OCC(N)=O. The van der Waals surface area contributed by atoms with Crippen molar-refractivity contribution in [2.75, 3.05) is 20.3 Å². The molecular weight excluding hydrogens is 340 g/mol. The van der Waals surface area contributed by atoms with Gasteiger partial charge in [0.05, 0.1) is 12.5 Å². The summed E-state index contributed by atoms with van der Waals surface area (Å²) in [6.45, 7) is -0.216. The first kappa shape index (κ1) is 19.6. The summed E-state index contributed by atoms with van der Waals surface area (Å²) in [4.78, 5) is 34.9. The van der Waals surface area contributed by atoms with Crippen molar-refractivity contribution in [1.82, 2.24) is 5.32 Å². The van der Waals surface area contributed by atoms with Crippen LogP contribution >= 0.6 is 0 Å². The molecular formula is C18H24N2O6. The number of carbonyl (C=O) groups is 3. The second-order valence-corrected chi connectivity index (χ2v) is 6.45. The molecule has 0 radical (unpaired) electrons. The number of hydrogen-bond donors (Lipinski definition) is 3. The number of aliphatic carboxylic acids is 1. The van der Waals surface area contributed by atoms with Crippen LogP contribution in [0.3, 0.4) is 0 Å². The smallest absolute Gasteiger partial charge is 0.311 e. The van der Waals surface area contributed by atoms with E-state index in [1.54, 1.807) is 0 Å². The molecule has 0 aliphatic heterocycles. The molecule has 26 heavy (non-hydrogen) atoms. The fraction of sp³-hybridized carbons (Fsp3) is 0.500. The topological polar surface area (TPSA) is 128 Å². The predicted octanol–water partition coefficient (Wildman–Crippen LogP) is 1.32. The maximum Gasteiger partial charge on any atom is 0.311 e. The monoisotopic (exact) mass is 364 g/mol. The zero-order chi connectivity index (χ0) is 19.2. The van der Waals surface area contributed by atoms with Crippen LogP contribution in [0.15, 0.2) is 18.2 Å². The Hall–Kier alpha value is -2.77. The molecule has 0 atom stereocenters. The predicted molar refractivity (Wildman–Crippen MR) is 93.2 cm³/mol. The van der Waals surface area contributed by atoms with Crippen LogP contribution in [-0.2, 0) is 9.59 Å². The number of carboxylic acid groups (broad SMARTS) is 1. The highest BCUT2D eigenvalue weighted by Crippen LogP contribution is 2.36. The second kappa shape index (κ2) is 8.55. The number of rotatable bonds is 8. The number of nitrogens with one attached hydrogen (secondary N) is 1. The highest BCUT2D eigenvalue weighted by molar-refractivity contribution is 5.95. The zero-order valence-electron chi connectivity index (χ0n) is 14.7. The average molecular weight is 364 g/mol. The molecule has 1 aliphatic carbocycles. The fourth-order valence-corrected chi connectivity index (χ4v) is 3.12. The summed E-state index contributed by atoms with van der Waals surface area (Å²) >= 11 is 0. The molecule has 2 rings (SSSR count). The maximum atomic E-state index is 12.4. The molecule has 0 bridgehead atoms. The average Bonchev–Trinajstić information content (AvgIpc) is 2.64. The Bertz CT molecular complexity index is 682. The second-order valence-electron chi connectivity index (χ2n) is 6.45. The van der Waals surface area contributed by atoms with Gasteiger partial charge in [-0.05, 0) is 31.0 Å². The number of amides is 2. The number of primary amides is 1. The number of hydrogen-bond acceptors (Lipinski definition) is 5. The van der Waals surface area contributed by atoms with Gasteiger partial charge in [0.1, 0.15) is 0 Å². The van der Waals surface area contributed by atoms with Gasteiger partial charge in [0.25, 0.3) is 11.8 Å². The Kier molecular flexibility index (Phi) is 6.43. The number of benzene rings is 1. The zero-order valence-corrected chi connectivity index (χ0v) is 14.7. The molecule has 1 aliphatic rings. The van der Waals surface area contributed by atoms with Gasteiger partial charge in [0.15, 0.2) is 18.1 Å². The summed E-state index contributed by atoms with van der Waals surface area (Å²) < 4.78 is 10.4. The van der Waals surface area contributed by atoms with Crippen molar-refractivity contribution >= 4 is 17.8 Å². The van der Waals surface area contributed by atoms with Gasteiger partial charge in [-0.3, -0.25) is 14.4 Å². The number of methoxy groups -OCH3 is 1. The summed E-state index contributed by atoms with van der Waals surface area (Å²) in [5, 5.41) is 12.3. The Morgan fingerprint density at radius 1 is 1.19 bits per heavy atom. The molecule has 1 saturated carbocycles. The van der Waals surface area contributed by atoms with Crippen LogP contribution in [-0.4, -0.2) is 43.2 Å². The van der Waals surface area contributed by atoms with Crippen molar-refractivity contribution in [3.8, 4) is 11.5 Å². The van der Waals surface area contributed by atoms with Crippen LogP contribution in [0.2, 0.25) is 0 Å². The summed E-state index contributed by atoms with van der Waals surface area (Å²) in [6.07, 6.45) is 3.84. The first-order chi connectivity index (χ1) is 12.4. The number of nitrogens with two attached hydrogens (primary N) is 1. The van der Waals surface area contributed by atoms with Gasteiger partial charge < -0.3 is 25.6 Å². The van der Waals surface area contributed by atoms with E-state index in [1.165, 1.54) is 25.3 Å². The van der Waals surface area contributed by atoms with E-state index >= 15 is 0 Å². The van der Waals surface area contributed by atoms with Gasteiger partial charge in [-0.2, -0.15) is 0 Å². The molecule has 0 heterocycles. The molecule has 142 valence electrons. The van der Waals surface area contributed by atoms with E-state index < -0.39 is 23.2 Å². The van der Waals surface area contributed by atoms with Gasteiger partial charge in [0, 0.05) is 12.1 Å². The van der Waals surface area contributed by atoms with Crippen LogP contribution < -0.4 is 20.5 Å². The number of ether oxygens (including phenoxy) is 2. The molecule has 8 nitrogen and oxygen atoms in total. The van der Waals surface area contributed by atoms with Crippen molar-refractivity contribution < 1.29 is 29.0 Å². The molecule has 0 unspecified atom stereocenters. The van der Waals surface area contributed by atoms with Crippen molar-refractivity contribution in [3.63, 3.8) is 0 Å². The van der Waals surface area contributed by atoms with Crippen molar-refractivity contribution in [3.05, 3.63) is 23.8 Å². The van der Waals surface area contributed by atoms with E-state index in [9.17, 15) is 19.5 Å². The maximum absolute atomic E-state index is 12.4. The van der Waals surface area contributed by atoms with Crippen LogP contribution in [0.1, 0.15) is 42.5 Å². The molecule has 0 saturated heterocycles. The standard InChI is InChI=1S/C18H24N2O6/c1-25-14-9-12(5-6-13(14)26-10-15(19)21)16(22)20-11-18(17(23)24)7-3-2-4-8-18/h5-6,9H,2-4,7-8,10-11H2,1H3,(H2,19,21)(H,20,22)(H,23,24). The summed E-state index contributed by atoms with van der Waals surface area (Å²) in [5.41, 5.74) is 4.45. The van der Waals surface area contributed by atoms with E-state index in [0.29, 0.717) is 18.4 Å². The van der Waals surface area contributed by atoms with Gasteiger partial charge >= 0.3 is 5.97 Å². The quantitative estimate of drug-likeness (QED) is 0.638. The van der Waals surface area contributed by atoms with Gasteiger partial charge in [-0.1, -0.05) is 19.3 Å². The minimum Gasteiger partial charge on any atom is -0.493 e. The van der Waals surface area contributed by atoms with E-state index in [-0.39, 0.29) is 24.7 Å². The number of carboxylic acids is 1. The molecule has 0 spiro atoms. The van der Waals surface area contributed by atoms with Crippen LogP contribution in [0.5, 0.6) is 11.5 Å². The summed E-state index contributed by atoms with van der Waals surface area (Å²) in [6, 6.07) is 4.49. The lowest BCUT2D eigenvalue weighted by Gasteiger charge is -2.33. The Labute approximate surface area is 151 Å². The highest BCUT2D eigenvalue weighted by Gasteiger charge is 2.39.